The largest absolute Gasteiger partial charge is 0.394 e. The molecule has 2 aromatic rings. The molecule has 0 radical (unpaired) electrons. The van der Waals surface area contributed by atoms with Crippen molar-refractivity contribution in [3.63, 3.8) is 0 Å². The first-order chi connectivity index (χ1) is 21.4. The van der Waals surface area contributed by atoms with Crippen LogP contribution in [0.15, 0.2) is 73.8 Å². The van der Waals surface area contributed by atoms with Gasteiger partial charge in [0.15, 0.2) is 0 Å². The van der Waals surface area contributed by atoms with E-state index in [0.29, 0.717) is 12.1 Å². The van der Waals surface area contributed by atoms with Crippen LogP contribution in [-0.4, -0.2) is 70.7 Å². The number of carbonyl (C=O) groups excluding carboxylic acids is 3. The average molecular weight is 614 g/mol. The second-order valence-corrected chi connectivity index (χ2v) is 13.5. The van der Waals surface area contributed by atoms with Gasteiger partial charge in [0.25, 0.3) is 5.91 Å². The van der Waals surface area contributed by atoms with E-state index in [1.807, 2.05) is 90.1 Å². The number of aryl methyl sites for hydroxylation is 2. The first-order valence-electron chi connectivity index (χ1n) is 16.0. The van der Waals surface area contributed by atoms with Crippen molar-refractivity contribution in [3.05, 3.63) is 85.0 Å². The van der Waals surface area contributed by atoms with Gasteiger partial charge in [0.05, 0.1) is 30.1 Å². The van der Waals surface area contributed by atoms with Crippen molar-refractivity contribution in [2.24, 2.45) is 23.7 Å². The van der Waals surface area contributed by atoms with Crippen molar-refractivity contribution < 1.29 is 24.2 Å². The van der Waals surface area contributed by atoms with Crippen molar-refractivity contribution in [3.8, 4) is 0 Å². The van der Waals surface area contributed by atoms with E-state index in [2.05, 4.69) is 13.2 Å². The zero-order valence-electron chi connectivity index (χ0n) is 27.4. The Balaban J connectivity index is 1.69. The molecule has 3 heterocycles. The summed E-state index contributed by atoms with van der Waals surface area (Å²) in [5.74, 6) is -2.85. The van der Waals surface area contributed by atoms with Gasteiger partial charge in [0, 0.05) is 24.5 Å². The molecule has 240 valence electrons. The lowest BCUT2D eigenvalue weighted by atomic mass is 9.62. The third-order valence-electron chi connectivity index (χ3n) is 10.4. The maximum absolute atomic E-state index is 15.1. The van der Waals surface area contributed by atoms with Crippen molar-refractivity contribution in [1.82, 2.24) is 4.90 Å². The van der Waals surface area contributed by atoms with E-state index in [-0.39, 0.29) is 49.3 Å². The van der Waals surface area contributed by atoms with Crippen LogP contribution < -0.4 is 9.80 Å². The van der Waals surface area contributed by atoms with E-state index in [4.69, 9.17) is 4.74 Å². The molecule has 0 saturated carbocycles. The smallest absolute Gasteiger partial charge is 0.253 e. The van der Waals surface area contributed by atoms with Crippen molar-refractivity contribution >= 4 is 29.1 Å². The minimum absolute atomic E-state index is 0.118. The molecule has 2 aromatic carbocycles. The highest BCUT2D eigenvalue weighted by Gasteiger charge is 2.80. The molecule has 2 bridgehead atoms. The van der Waals surface area contributed by atoms with Gasteiger partial charge >= 0.3 is 0 Å². The highest BCUT2D eigenvalue weighted by molar-refractivity contribution is 6.07. The molecule has 1 spiro atoms. The van der Waals surface area contributed by atoms with Crippen LogP contribution in [0.1, 0.15) is 45.2 Å². The monoisotopic (exact) mass is 613 g/mol. The van der Waals surface area contributed by atoms with Gasteiger partial charge in [0.1, 0.15) is 11.6 Å². The number of amides is 3. The Morgan fingerprint density at radius 3 is 2.31 bits per heavy atom. The maximum Gasteiger partial charge on any atom is 0.253 e. The number of carbonyl (C=O) groups is 3. The number of hydrogen-bond acceptors (Lipinski definition) is 5. The van der Waals surface area contributed by atoms with Gasteiger partial charge in [-0.1, -0.05) is 63.3 Å². The molecule has 3 unspecified atom stereocenters. The summed E-state index contributed by atoms with van der Waals surface area (Å²) in [6, 6.07) is 13.6. The average Bonchev–Trinajstić information content (AvgIpc) is 3.52. The predicted molar refractivity (Wildman–Crippen MR) is 177 cm³/mol. The number of anilines is 2. The van der Waals surface area contributed by atoms with Gasteiger partial charge in [-0.15, -0.1) is 13.2 Å². The Kier molecular flexibility index (Phi) is 8.86. The number of aliphatic hydroxyl groups is 1. The molecular formula is C37H47N3O5. The fourth-order valence-electron chi connectivity index (χ4n) is 8.13. The molecule has 45 heavy (non-hydrogen) atoms. The van der Waals surface area contributed by atoms with E-state index in [9.17, 15) is 14.7 Å². The quantitative estimate of drug-likeness (QED) is 0.358. The normalized spacial score (nSPS) is 29.1. The van der Waals surface area contributed by atoms with E-state index in [1.165, 1.54) is 0 Å². The van der Waals surface area contributed by atoms with Crippen LogP contribution in [0.5, 0.6) is 0 Å². The summed E-state index contributed by atoms with van der Waals surface area (Å²) in [5, 5.41) is 10.7. The predicted octanol–water partition coefficient (Wildman–Crippen LogP) is 5.07. The lowest BCUT2D eigenvalue weighted by molar-refractivity contribution is -0.150. The summed E-state index contributed by atoms with van der Waals surface area (Å²) in [4.78, 5) is 49.6. The third-order valence-corrected chi connectivity index (χ3v) is 10.4. The third kappa shape index (κ3) is 5.03. The molecule has 3 aliphatic heterocycles. The second kappa shape index (κ2) is 12.2. The Hall–Kier alpha value is -3.75. The zero-order valence-corrected chi connectivity index (χ0v) is 27.4. The first kappa shape index (κ1) is 32.6. The maximum atomic E-state index is 15.1. The molecule has 1 N–H and O–H groups in total. The summed E-state index contributed by atoms with van der Waals surface area (Å²) < 4.78 is 7.02. The van der Waals surface area contributed by atoms with Gasteiger partial charge in [-0.05, 0) is 68.4 Å². The molecule has 3 aliphatic rings. The van der Waals surface area contributed by atoms with Gasteiger partial charge in [-0.2, -0.15) is 0 Å². The van der Waals surface area contributed by atoms with Crippen LogP contribution in [0.25, 0.3) is 0 Å². The van der Waals surface area contributed by atoms with Crippen LogP contribution in [0, 0.1) is 37.5 Å². The minimum Gasteiger partial charge on any atom is -0.394 e. The number of benzene rings is 2. The molecular weight excluding hydrogens is 566 g/mol. The molecule has 8 heteroatoms. The van der Waals surface area contributed by atoms with Gasteiger partial charge in [0.2, 0.25) is 11.8 Å². The van der Waals surface area contributed by atoms with E-state index in [0.717, 1.165) is 16.8 Å². The lowest BCUT2D eigenvalue weighted by Crippen LogP contribution is -2.60. The molecule has 0 aromatic heterocycles. The Labute approximate surface area is 267 Å². The van der Waals surface area contributed by atoms with Crippen LogP contribution in [-0.2, 0) is 19.1 Å². The number of ether oxygens (including phenoxy) is 1. The van der Waals surface area contributed by atoms with E-state index >= 15 is 4.79 Å². The van der Waals surface area contributed by atoms with Gasteiger partial charge in [-0.3, -0.25) is 14.4 Å². The molecule has 3 saturated heterocycles. The van der Waals surface area contributed by atoms with Crippen LogP contribution in [0.3, 0.4) is 0 Å². The lowest BCUT2D eigenvalue weighted by Gasteiger charge is -2.41. The number of likely N-dealkylation sites (tertiary alicyclic amines) is 1. The summed E-state index contributed by atoms with van der Waals surface area (Å²) >= 11 is 0. The van der Waals surface area contributed by atoms with Crippen molar-refractivity contribution in [2.45, 2.75) is 71.2 Å². The highest BCUT2D eigenvalue weighted by atomic mass is 16.5. The van der Waals surface area contributed by atoms with E-state index < -0.39 is 35.1 Å². The summed E-state index contributed by atoms with van der Waals surface area (Å²) in [6.45, 7) is 19.7. The Bertz CT molecular complexity index is 1490. The highest BCUT2D eigenvalue weighted by Crippen LogP contribution is 2.66. The van der Waals surface area contributed by atoms with Gasteiger partial charge in [-0.25, -0.2) is 0 Å². The first-order valence-corrected chi connectivity index (χ1v) is 16.0. The summed E-state index contributed by atoms with van der Waals surface area (Å²) in [5.41, 5.74) is 1.11. The van der Waals surface area contributed by atoms with Crippen LogP contribution >= 0.6 is 0 Å². The molecule has 5 rings (SSSR count). The fourth-order valence-corrected chi connectivity index (χ4v) is 8.13. The second-order valence-electron chi connectivity index (χ2n) is 13.5. The minimum atomic E-state index is -1.25. The molecule has 3 fully saturated rings. The number of rotatable bonds is 11. The topological polar surface area (TPSA) is 90.4 Å². The van der Waals surface area contributed by atoms with Crippen LogP contribution in [0.2, 0.25) is 0 Å². The SMILES string of the molecule is C=CCN(C(=O)[C@@H]1[C@H]2C(=O)N([C@@H](CO)C(C)C)C(C(=O)N(CC=C)c3cc(C)ccc3C)C23CC(C)[C@@]1(C)O3)c1ccccc1. The van der Waals surface area contributed by atoms with E-state index in [1.54, 1.807) is 26.9 Å². The number of hydrogen-bond donors (Lipinski definition) is 1. The van der Waals surface area contributed by atoms with Crippen molar-refractivity contribution in [1.29, 1.82) is 0 Å². The molecule has 8 nitrogen and oxygen atoms in total. The molecule has 3 amide bonds. The van der Waals surface area contributed by atoms with Gasteiger partial charge < -0.3 is 24.5 Å². The van der Waals surface area contributed by atoms with Crippen molar-refractivity contribution in [2.75, 3.05) is 29.5 Å². The summed E-state index contributed by atoms with van der Waals surface area (Å²) in [7, 11) is 0. The fraction of sp³-hybridized carbons (Fsp3) is 0.486. The van der Waals surface area contributed by atoms with Crippen LogP contribution in [0.4, 0.5) is 11.4 Å². The number of nitrogens with zero attached hydrogens (tertiary/aromatic N) is 3. The summed E-state index contributed by atoms with van der Waals surface area (Å²) in [6.07, 6.45) is 3.79. The number of para-hydroxylation sites is 1. The zero-order chi connectivity index (χ0) is 32.8. The molecule has 0 aliphatic carbocycles. The Morgan fingerprint density at radius 2 is 1.71 bits per heavy atom. The molecule has 7 atom stereocenters. The number of aliphatic hydroxyl groups excluding tert-OH is 1. The standard InChI is InChI=1S/C37H47N3O5/c1-9-18-38(27-14-12-11-13-15-27)33(42)30-31-34(43)40(29(22-41)23(3)4)32(37(31)21-26(7)36(30,8)45-37)35(44)39(19-10-2)28-20-24(5)16-17-25(28)6/h9-17,20,23,26,29-32,41H,1-2,18-19,21-22H2,3-8H3/t26?,29-,30-,31-,32?,36+,37?/m0/s1. The Morgan fingerprint density at radius 1 is 1.07 bits per heavy atom. The number of fused-ring (bicyclic) bond motifs is 1.